The van der Waals surface area contributed by atoms with E-state index in [1.165, 1.54) is 0 Å². The maximum absolute atomic E-state index is 12.1. The first-order valence-corrected chi connectivity index (χ1v) is 5.94. The number of carbonyl (C=O) groups is 1. The van der Waals surface area contributed by atoms with Crippen molar-refractivity contribution in [3.8, 4) is 0 Å². The molecule has 2 rings (SSSR count). The normalized spacial score (nSPS) is 21.3. The maximum Gasteiger partial charge on any atom is 0.168 e. The highest BCUT2D eigenvalue weighted by Crippen LogP contribution is 2.20. The van der Waals surface area contributed by atoms with Gasteiger partial charge in [-0.15, -0.1) is 0 Å². The van der Waals surface area contributed by atoms with E-state index in [9.17, 15) is 4.79 Å². The maximum atomic E-state index is 12.1. The van der Waals surface area contributed by atoms with Crippen molar-refractivity contribution in [2.75, 3.05) is 13.2 Å². The first kappa shape index (κ1) is 10.8. The van der Waals surface area contributed by atoms with Crippen molar-refractivity contribution < 1.29 is 9.53 Å². The number of ketones is 1. The Morgan fingerprint density at radius 2 is 2.33 bits per heavy atom. The summed E-state index contributed by atoms with van der Waals surface area (Å²) in [4.78, 5) is 12.1. The molecule has 0 aromatic heterocycles. The van der Waals surface area contributed by atoms with Crippen LogP contribution in [0.4, 0.5) is 0 Å². The minimum Gasteiger partial charge on any atom is -0.381 e. The second-order valence-corrected chi connectivity index (χ2v) is 4.70. The van der Waals surface area contributed by atoms with Crippen LogP contribution in [-0.4, -0.2) is 19.0 Å². The van der Waals surface area contributed by atoms with Crippen LogP contribution in [0.1, 0.15) is 23.2 Å². The fourth-order valence-electron chi connectivity index (χ4n) is 1.82. The molecule has 1 fully saturated rings. The molecule has 3 heteroatoms. The molecule has 1 heterocycles. The standard InChI is InChI=1S/C12H13BrO2/c13-11-5-1-3-9(7-11)12(14)10-4-2-6-15-8-10/h1,3,5,7,10H,2,4,6,8H2. The summed E-state index contributed by atoms with van der Waals surface area (Å²) in [5, 5.41) is 0. The third kappa shape index (κ3) is 2.67. The van der Waals surface area contributed by atoms with Gasteiger partial charge in [-0.1, -0.05) is 28.1 Å². The van der Waals surface area contributed by atoms with Gasteiger partial charge in [-0.05, 0) is 25.0 Å². The quantitative estimate of drug-likeness (QED) is 0.771. The third-order valence-electron chi connectivity index (χ3n) is 2.64. The van der Waals surface area contributed by atoms with Gasteiger partial charge in [0.05, 0.1) is 6.61 Å². The molecule has 1 unspecified atom stereocenters. The predicted molar refractivity (Wildman–Crippen MR) is 62.0 cm³/mol. The minimum atomic E-state index is 0.0491. The molecule has 0 bridgehead atoms. The zero-order chi connectivity index (χ0) is 10.7. The molecule has 15 heavy (non-hydrogen) atoms. The molecular formula is C12H13BrO2. The Morgan fingerprint density at radius 1 is 1.47 bits per heavy atom. The number of hydrogen-bond donors (Lipinski definition) is 0. The van der Waals surface area contributed by atoms with Crippen LogP contribution in [0.25, 0.3) is 0 Å². The lowest BCUT2D eigenvalue weighted by Gasteiger charge is -2.20. The Labute approximate surface area is 97.8 Å². The van der Waals surface area contributed by atoms with Crippen LogP contribution in [0.3, 0.4) is 0 Å². The second kappa shape index (κ2) is 4.90. The Morgan fingerprint density at radius 3 is 3.00 bits per heavy atom. The van der Waals surface area contributed by atoms with E-state index >= 15 is 0 Å². The number of hydrogen-bond acceptors (Lipinski definition) is 2. The van der Waals surface area contributed by atoms with Crippen LogP contribution in [0.15, 0.2) is 28.7 Å². The van der Waals surface area contributed by atoms with E-state index in [0.29, 0.717) is 6.61 Å². The van der Waals surface area contributed by atoms with Gasteiger partial charge < -0.3 is 4.74 Å². The molecule has 0 N–H and O–H groups in total. The van der Waals surface area contributed by atoms with Gasteiger partial charge in [0, 0.05) is 22.6 Å². The average Bonchev–Trinajstić information content (AvgIpc) is 2.29. The van der Waals surface area contributed by atoms with Crippen LogP contribution in [0.2, 0.25) is 0 Å². The highest BCUT2D eigenvalue weighted by atomic mass is 79.9. The molecule has 1 aromatic carbocycles. The Bertz CT molecular complexity index is 356. The summed E-state index contributed by atoms with van der Waals surface area (Å²) < 4.78 is 6.27. The SMILES string of the molecule is O=C(c1cccc(Br)c1)C1CCCOC1. The van der Waals surface area contributed by atoms with E-state index in [0.717, 1.165) is 29.5 Å². The lowest BCUT2D eigenvalue weighted by Crippen LogP contribution is -2.25. The van der Waals surface area contributed by atoms with Crippen LogP contribution in [-0.2, 0) is 4.74 Å². The first-order chi connectivity index (χ1) is 7.27. The number of carbonyl (C=O) groups excluding carboxylic acids is 1. The highest BCUT2D eigenvalue weighted by Gasteiger charge is 2.22. The lowest BCUT2D eigenvalue weighted by molar-refractivity contribution is 0.0461. The van der Waals surface area contributed by atoms with E-state index in [4.69, 9.17) is 4.74 Å². The Balaban J connectivity index is 2.12. The molecule has 1 saturated heterocycles. The monoisotopic (exact) mass is 268 g/mol. The molecule has 1 aliphatic heterocycles. The summed E-state index contributed by atoms with van der Waals surface area (Å²) in [6, 6.07) is 7.55. The third-order valence-corrected chi connectivity index (χ3v) is 3.13. The van der Waals surface area contributed by atoms with Crippen molar-refractivity contribution in [1.82, 2.24) is 0 Å². The summed E-state index contributed by atoms with van der Waals surface area (Å²) in [5.74, 6) is 0.254. The summed E-state index contributed by atoms with van der Waals surface area (Å²) in [6.45, 7) is 1.37. The van der Waals surface area contributed by atoms with Gasteiger partial charge in [0.2, 0.25) is 0 Å². The summed E-state index contributed by atoms with van der Waals surface area (Å²) in [7, 11) is 0. The molecule has 1 aliphatic rings. The smallest absolute Gasteiger partial charge is 0.168 e. The molecule has 2 nitrogen and oxygen atoms in total. The fourth-order valence-corrected chi connectivity index (χ4v) is 2.22. The zero-order valence-electron chi connectivity index (χ0n) is 8.41. The summed E-state index contributed by atoms with van der Waals surface area (Å²) >= 11 is 3.37. The van der Waals surface area contributed by atoms with Gasteiger partial charge in [0.1, 0.15) is 0 Å². The van der Waals surface area contributed by atoms with E-state index in [2.05, 4.69) is 15.9 Å². The number of ether oxygens (including phenoxy) is 1. The second-order valence-electron chi connectivity index (χ2n) is 3.79. The van der Waals surface area contributed by atoms with Gasteiger partial charge in [-0.3, -0.25) is 4.79 Å². The van der Waals surface area contributed by atoms with Gasteiger partial charge in [0.15, 0.2) is 5.78 Å². The minimum absolute atomic E-state index is 0.0491. The zero-order valence-corrected chi connectivity index (χ0v) is 10.00. The molecule has 1 atom stereocenters. The number of Topliss-reactive ketones (excluding diaryl/α,β-unsaturated/α-hetero) is 1. The van der Waals surface area contributed by atoms with Crippen LogP contribution in [0.5, 0.6) is 0 Å². The van der Waals surface area contributed by atoms with E-state index < -0.39 is 0 Å². The van der Waals surface area contributed by atoms with Crippen molar-refractivity contribution in [3.05, 3.63) is 34.3 Å². The molecule has 0 radical (unpaired) electrons. The molecule has 0 amide bonds. The van der Waals surface area contributed by atoms with Crippen molar-refractivity contribution in [3.63, 3.8) is 0 Å². The summed E-state index contributed by atoms with van der Waals surface area (Å²) in [5.41, 5.74) is 0.778. The van der Waals surface area contributed by atoms with Gasteiger partial charge in [-0.25, -0.2) is 0 Å². The van der Waals surface area contributed by atoms with Crippen molar-refractivity contribution in [1.29, 1.82) is 0 Å². The molecule has 80 valence electrons. The van der Waals surface area contributed by atoms with Gasteiger partial charge in [-0.2, -0.15) is 0 Å². The number of benzene rings is 1. The largest absolute Gasteiger partial charge is 0.381 e. The average molecular weight is 269 g/mol. The molecule has 0 aliphatic carbocycles. The topological polar surface area (TPSA) is 26.3 Å². The summed E-state index contributed by atoms with van der Waals surface area (Å²) in [6.07, 6.45) is 1.94. The van der Waals surface area contributed by atoms with Gasteiger partial charge in [0.25, 0.3) is 0 Å². The van der Waals surface area contributed by atoms with Crippen LogP contribution < -0.4 is 0 Å². The lowest BCUT2D eigenvalue weighted by atomic mass is 9.93. The van der Waals surface area contributed by atoms with Crippen molar-refractivity contribution in [2.45, 2.75) is 12.8 Å². The van der Waals surface area contributed by atoms with Crippen LogP contribution >= 0.6 is 15.9 Å². The molecular weight excluding hydrogens is 256 g/mol. The highest BCUT2D eigenvalue weighted by molar-refractivity contribution is 9.10. The fraction of sp³-hybridized carbons (Fsp3) is 0.417. The molecule has 0 saturated carbocycles. The van der Waals surface area contributed by atoms with E-state index in [-0.39, 0.29) is 11.7 Å². The van der Waals surface area contributed by atoms with Gasteiger partial charge >= 0.3 is 0 Å². The van der Waals surface area contributed by atoms with Crippen molar-refractivity contribution >= 4 is 21.7 Å². The van der Waals surface area contributed by atoms with E-state index in [1.807, 2.05) is 24.3 Å². The van der Waals surface area contributed by atoms with Crippen LogP contribution in [0, 0.1) is 5.92 Å². The molecule has 1 aromatic rings. The Kier molecular flexibility index (Phi) is 3.54. The van der Waals surface area contributed by atoms with E-state index in [1.54, 1.807) is 0 Å². The Hall–Kier alpha value is -0.670. The first-order valence-electron chi connectivity index (χ1n) is 5.15. The van der Waals surface area contributed by atoms with Crippen molar-refractivity contribution in [2.24, 2.45) is 5.92 Å². The predicted octanol–water partition coefficient (Wildman–Crippen LogP) is 3.06. The number of halogens is 1. The number of rotatable bonds is 2. The molecule has 0 spiro atoms.